The van der Waals surface area contributed by atoms with Crippen LogP contribution in [0.15, 0.2) is 67.3 Å². The normalized spacial score (nSPS) is 11.4. The van der Waals surface area contributed by atoms with Gasteiger partial charge in [0.2, 0.25) is 0 Å². The van der Waals surface area contributed by atoms with Gasteiger partial charge < -0.3 is 4.98 Å². The van der Waals surface area contributed by atoms with Crippen molar-refractivity contribution in [2.75, 3.05) is 0 Å². The van der Waals surface area contributed by atoms with E-state index in [1.54, 1.807) is 48.9 Å². The molecule has 5 heterocycles. The summed E-state index contributed by atoms with van der Waals surface area (Å²) in [6.07, 6.45) is 6.28. The average molecular weight is 425 g/mol. The molecular weight excluding hydrogens is 412 g/mol. The van der Waals surface area contributed by atoms with Gasteiger partial charge in [0.1, 0.15) is 17.2 Å². The van der Waals surface area contributed by atoms with Gasteiger partial charge in [-0.3, -0.25) is 15.1 Å². The molecule has 2 N–H and O–H groups in total. The van der Waals surface area contributed by atoms with Crippen molar-refractivity contribution < 1.29 is 8.78 Å². The number of aromatic nitrogens is 7. The minimum Gasteiger partial charge on any atom is -0.335 e. The quantitative estimate of drug-likeness (QED) is 0.420. The average Bonchev–Trinajstić information content (AvgIpc) is 3.44. The number of H-pyrrole nitrogens is 2. The minimum absolute atomic E-state index is 0.169. The Morgan fingerprint density at radius 1 is 0.844 bits per heavy atom. The first-order chi connectivity index (χ1) is 15.7. The van der Waals surface area contributed by atoms with E-state index in [0.717, 1.165) is 5.56 Å². The number of pyridine rings is 3. The third kappa shape index (κ3) is 2.83. The molecule has 6 rings (SSSR count). The van der Waals surface area contributed by atoms with Gasteiger partial charge in [-0.15, -0.1) is 0 Å². The van der Waals surface area contributed by atoms with Crippen LogP contribution in [-0.4, -0.2) is 35.1 Å². The number of nitrogens with one attached hydrogen (secondary N) is 2. The molecular formula is C23H13F2N7. The maximum absolute atomic E-state index is 15.5. The third-order valence-electron chi connectivity index (χ3n) is 5.23. The standard InChI is InChI=1S/C23H13F2N7/c24-14-5-1-3-12(9-14)15-6-8-27-22-20(15)29-23(30-22)21-17-16(31-32-21)11-28-19(18(17)25)13-4-2-7-26-10-13/h1-11H,(H,31,32)(H,27,29,30). The lowest BCUT2D eigenvalue weighted by Crippen LogP contribution is -1.92. The van der Waals surface area contributed by atoms with E-state index >= 15 is 4.39 Å². The van der Waals surface area contributed by atoms with Crippen molar-refractivity contribution in [3.8, 4) is 33.9 Å². The minimum atomic E-state index is -0.530. The highest BCUT2D eigenvalue weighted by atomic mass is 19.1. The Bertz CT molecular complexity index is 1610. The zero-order valence-corrected chi connectivity index (χ0v) is 16.3. The summed E-state index contributed by atoms with van der Waals surface area (Å²) in [5.74, 6) is -0.536. The molecule has 0 unspecified atom stereocenters. The number of rotatable bonds is 3. The molecule has 0 saturated heterocycles. The van der Waals surface area contributed by atoms with Crippen molar-refractivity contribution in [1.82, 2.24) is 35.1 Å². The summed E-state index contributed by atoms with van der Waals surface area (Å²) in [5.41, 5.74) is 3.88. The molecule has 0 aliphatic rings. The van der Waals surface area contributed by atoms with E-state index in [9.17, 15) is 4.39 Å². The zero-order chi connectivity index (χ0) is 21.7. The second kappa shape index (κ2) is 7.02. The van der Waals surface area contributed by atoms with Gasteiger partial charge in [0, 0.05) is 29.7 Å². The summed E-state index contributed by atoms with van der Waals surface area (Å²) in [7, 11) is 0. The lowest BCUT2D eigenvalue weighted by atomic mass is 10.1. The van der Waals surface area contributed by atoms with E-state index < -0.39 is 5.82 Å². The highest BCUT2D eigenvalue weighted by Crippen LogP contribution is 2.33. The van der Waals surface area contributed by atoms with Crippen LogP contribution in [0.3, 0.4) is 0 Å². The molecule has 0 saturated carbocycles. The lowest BCUT2D eigenvalue weighted by molar-refractivity contribution is 0.628. The van der Waals surface area contributed by atoms with Gasteiger partial charge in [-0.05, 0) is 35.9 Å². The van der Waals surface area contributed by atoms with E-state index in [2.05, 4.69) is 35.1 Å². The Morgan fingerprint density at radius 2 is 1.75 bits per heavy atom. The van der Waals surface area contributed by atoms with Crippen molar-refractivity contribution in [1.29, 1.82) is 0 Å². The zero-order valence-electron chi connectivity index (χ0n) is 16.3. The third-order valence-corrected chi connectivity index (χ3v) is 5.23. The first-order valence-corrected chi connectivity index (χ1v) is 9.73. The fourth-order valence-electron chi connectivity index (χ4n) is 3.77. The van der Waals surface area contributed by atoms with Crippen molar-refractivity contribution >= 4 is 22.1 Å². The van der Waals surface area contributed by atoms with Crippen LogP contribution in [0.2, 0.25) is 0 Å². The summed E-state index contributed by atoms with van der Waals surface area (Å²) in [4.78, 5) is 20.3. The molecule has 0 aliphatic carbocycles. The number of imidazole rings is 1. The van der Waals surface area contributed by atoms with Gasteiger partial charge in [0.05, 0.1) is 22.6 Å². The maximum atomic E-state index is 15.5. The number of fused-ring (bicyclic) bond motifs is 2. The van der Waals surface area contributed by atoms with Crippen molar-refractivity contribution in [3.63, 3.8) is 0 Å². The predicted molar refractivity (Wildman–Crippen MR) is 115 cm³/mol. The molecule has 5 aromatic heterocycles. The van der Waals surface area contributed by atoms with E-state index in [1.165, 1.54) is 18.3 Å². The van der Waals surface area contributed by atoms with Crippen molar-refractivity contribution in [3.05, 3.63) is 78.9 Å². The molecule has 9 heteroatoms. The van der Waals surface area contributed by atoms with E-state index in [0.29, 0.717) is 39.3 Å². The first kappa shape index (κ1) is 18.3. The van der Waals surface area contributed by atoms with Gasteiger partial charge in [-0.2, -0.15) is 5.10 Å². The van der Waals surface area contributed by atoms with E-state index in [4.69, 9.17) is 0 Å². The van der Waals surface area contributed by atoms with Gasteiger partial charge in [0.25, 0.3) is 0 Å². The van der Waals surface area contributed by atoms with Gasteiger partial charge >= 0.3 is 0 Å². The van der Waals surface area contributed by atoms with Crippen LogP contribution in [0.4, 0.5) is 8.78 Å². The van der Waals surface area contributed by atoms with E-state index in [1.807, 2.05) is 0 Å². The Hall–Kier alpha value is -4.53. The summed E-state index contributed by atoms with van der Waals surface area (Å²) >= 11 is 0. The highest BCUT2D eigenvalue weighted by Gasteiger charge is 2.21. The fourth-order valence-corrected chi connectivity index (χ4v) is 3.77. The molecule has 1 aromatic carbocycles. The Labute approximate surface area is 179 Å². The van der Waals surface area contributed by atoms with Crippen LogP contribution >= 0.6 is 0 Å². The Kier molecular flexibility index (Phi) is 4.00. The SMILES string of the molecule is Fc1cccc(-c2ccnc3nc(-c4n[nH]c5cnc(-c6cccnc6)c(F)c45)[nH]c23)c1. The second-order valence-electron chi connectivity index (χ2n) is 7.18. The summed E-state index contributed by atoms with van der Waals surface area (Å²) < 4.78 is 29.3. The van der Waals surface area contributed by atoms with Gasteiger partial charge in [-0.25, -0.2) is 18.7 Å². The second-order valence-corrected chi connectivity index (χ2v) is 7.18. The summed E-state index contributed by atoms with van der Waals surface area (Å²) in [6.45, 7) is 0. The Morgan fingerprint density at radius 3 is 2.59 bits per heavy atom. The van der Waals surface area contributed by atoms with Crippen molar-refractivity contribution in [2.45, 2.75) is 0 Å². The van der Waals surface area contributed by atoms with Crippen LogP contribution in [0.25, 0.3) is 56.0 Å². The summed E-state index contributed by atoms with van der Waals surface area (Å²) in [5, 5.41) is 7.33. The molecule has 154 valence electrons. The van der Waals surface area contributed by atoms with Crippen LogP contribution in [0, 0.1) is 11.6 Å². The monoisotopic (exact) mass is 425 g/mol. The van der Waals surface area contributed by atoms with Gasteiger partial charge in [-0.1, -0.05) is 12.1 Å². The number of hydrogen-bond acceptors (Lipinski definition) is 5. The number of hydrogen-bond donors (Lipinski definition) is 2. The number of benzene rings is 1. The molecule has 0 spiro atoms. The van der Waals surface area contributed by atoms with Crippen LogP contribution in [0.5, 0.6) is 0 Å². The maximum Gasteiger partial charge on any atom is 0.178 e. The number of aromatic amines is 2. The smallest absolute Gasteiger partial charge is 0.178 e. The molecule has 0 bridgehead atoms. The molecule has 0 radical (unpaired) electrons. The molecule has 0 aliphatic heterocycles. The molecule has 0 amide bonds. The van der Waals surface area contributed by atoms with Crippen molar-refractivity contribution in [2.24, 2.45) is 0 Å². The fraction of sp³-hybridized carbons (Fsp3) is 0. The number of nitrogens with zero attached hydrogens (tertiary/aromatic N) is 5. The predicted octanol–water partition coefficient (Wildman–Crippen LogP) is 4.90. The van der Waals surface area contributed by atoms with Crippen LogP contribution in [0.1, 0.15) is 0 Å². The summed E-state index contributed by atoms with van der Waals surface area (Å²) in [6, 6.07) is 11.5. The van der Waals surface area contributed by atoms with E-state index in [-0.39, 0.29) is 16.9 Å². The molecule has 0 atom stereocenters. The number of halogens is 2. The first-order valence-electron chi connectivity index (χ1n) is 9.73. The largest absolute Gasteiger partial charge is 0.335 e. The van der Waals surface area contributed by atoms with Gasteiger partial charge in [0.15, 0.2) is 17.3 Å². The Balaban J connectivity index is 1.55. The highest BCUT2D eigenvalue weighted by molar-refractivity contribution is 5.97. The molecule has 0 fully saturated rings. The molecule has 7 nitrogen and oxygen atoms in total. The molecule has 6 aromatic rings. The topological polar surface area (TPSA) is 96.0 Å². The van der Waals surface area contributed by atoms with Crippen LogP contribution < -0.4 is 0 Å². The molecule has 32 heavy (non-hydrogen) atoms. The van der Waals surface area contributed by atoms with Crippen LogP contribution in [-0.2, 0) is 0 Å². The lowest BCUT2D eigenvalue weighted by Gasteiger charge is -2.03.